The summed E-state index contributed by atoms with van der Waals surface area (Å²) in [6.45, 7) is 6.82. The second-order valence-electron chi connectivity index (χ2n) is 8.53. The van der Waals surface area contributed by atoms with Gasteiger partial charge in [0.2, 0.25) is 11.8 Å². The Balaban J connectivity index is 1.62. The number of nitrogens with one attached hydrogen (secondary N) is 2. The van der Waals surface area contributed by atoms with E-state index in [2.05, 4.69) is 10.6 Å². The fourth-order valence-electron chi connectivity index (χ4n) is 3.27. The van der Waals surface area contributed by atoms with E-state index in [-0.39, 0.29) is 30.8 Å². The van der Waals surface area contributed by atoms with Crippen molar-refractivity contribution >= 4 is 29.5 Å². The SMILES string of the molecule is CC(C)(C)OC(=O)NCCC(=O)N1CCC(NC(=O)CCc2cccc(Cl)c2)CC1. The van der Waals surface area contributed by atoms with Crippen molar-refractivity contribution in [1.29, 1.82) is 0 Å². The molecule has 2 N–H and O–H groups in total. The molecular weight excluding hydrogens is 406 g/mol. The van der Waals surface area contributed by atoms with Gasteiger partial charge in [0.15, 0.2) is 0 Å². The number of carbonyl (C=O) groups excluding carboxylic acids is 3. The van der Waals surface area contributed by atoms with Gasteiger partial charge in [-0.1, -0.05) is 23.7 Å². The third-order valence-corrected chi connectivity index (χ3v) is 4.98. The Kier molecular flexibility index (Phi) is 8.96. The predicted molar refractivity (Wildman–Crippen MR) is 116 cm³/mol. The Labute approximate surface area is 183 Å². The molecule has 8 heteroatoms. The molecule has 30 heavy (non-hydrogen) atoms. The highest BCUT2D eigenvalue weighted by Gasteiger charge is 2.24. The number of nitrogens with zero attached hydrogens (tertiary/aromatic N) is 1. The van der Waals surface area contributed by atoms with Crippen LogP contribution >= 0.6 is 11.6 Å². The van der Waals surface area contributed by atoms with Gasteiger partial charge < -0.3 is 20.3 Å². The monoisotopic (exact) mass is 437 g/mol. The Morgan fingerprint density at radius 1 is 1.17 bits per heavy atom. The summed E-state index contributed by atoms with van der Waals surface area (Å²) in [7, 11) is 0. The quantitative estimate of drug-likeness (QED) is 0.685. The van der Waals surface area contributed by atoms with Gasteiger partial charge >= 0.3 is 6.09 Å². The van der Waals surface area contributed by atoms with Gasteiger partial charge in [0.25, 0.3) is 0 Å². The highest BCUT2D eigenvalue weighted by Crippen LogP contribution is 2.14. The lowest BCUT2D eigenvalue weighted by atomic mass is 10.0. The standard InChI is InChI=1S/C22H32ClN3O4/c1-22(2,3)30-21(29)24-12-9-20(28)26-13-10-18(11-14-26)25-19(27)8-7-16-5-4-6-17(23)15-16/h4-6,15,18H,7-14H2,1-3H3,(H,24,29)(H,25,27). The van der Waals surface area contributed by atoms with Gasteiger partial charge in [0, 0.05) is 43.5 Å². The maximum atomic E-state index is 12.3. The average Bonchev–Trinajstić information content (AvgIpc) is 2.65. The van der Waals surface area contributed by atoms with Crippen molar-refractivity contribution in [3.63, 3.8) is 0 Å². The first-order valence-corrected chi connectivity index (χ1v) is 10.8. The van der Waals surface area contributed by atoms with Gasteiger partial charge in [-0.2, -0.15) is 0 Å². The van der Waals surface area contributed by atoms with Crippen molar-refractivity contribution in [1.82, 2.24) is 15.5 Å². The number of alkyl carbamates (subject to hydrolysis) is 1. The van der Waals surface area contributed by atoms with E-state index in [1.165, 1.54) is 0 Å². The number of hydrogen-bond acceptors (Lipinski definition) is 4. The van der Waals surface area contributed by atoms with Crippen molar-refractivity contribution in [2.75, 3.05) is 19.6 Å². The topological polar surface area (TPSA) is 87.7 Å². The molecule has 0 radical (unpaired) electrons. The van der Waals surface area contributed by atoms with Crippen LogP contribution < -0.4 is 10.6 Å². The van der Waals surface area contributed by atoms with Crippen molar-refractivity contribution in [2.24, 2.45) is 0 Å². The van der Waals surface area contributed by atoms with Crippen LogP contribution in [0.1, 0.15) is 52.0 Å². The number of hydrogen-bond donors (Lipinski definition) is 2. The molecule has 0 aromatic heterocycles. The van der Waals surface area contributed by atoms with Gasteiger partial charge in [-0.05, 0) is 57.7 Å². The molecule has 1 aromatic carbocycles. The Hall–Kier alpha value is -2.28. The lowest BCUT2D eigenvalue weighted by molar-refractivity contribution is -0.132. The summed E-state index contributed by atoms with van der Waals surface area (Å²) in [6, 6.07) is 7.61. The van der Waals surface area contributed by atoms with Crippen molar-refractivity contribution < 1.29 is 19.1 Å². The minimum Gasteiger partial charge on any atom is -0.444 e. The number of halogens is 1. The summed E-state index contributed by atoms with van der Waals surface area (Å²) < 4.78 is 5.15. The molecule has 3 amide bonds. The number of benzene rings is 1. The van der Waals surface area contributed by atoms with Crippen LogP contribution in [-0.4, -0.2) is 54.1 Å². The Bertz CT molecular complexity index is 740. The first-order chi connectivity index (χ1) is 14.1. The molecule has 0 bridgehead atoms. The maximum Gasteiger partial charge on any atom is 0.407 e. The Morgan fingerprint density at radius 3 is 2.50 bits per heavy atom. The third kappa shape index (κ3) is 9.03. The molecule has 1 aliphatic heterocycles. The molecule has 0 aliphatic carbocycles. The van der Waals surface area contributed by atoms with E-state index in [1.54, 1.807) is 25.7 Å². The summed E-state index contributed by atoms with van der Waals surface area (Å²) in [5, 5.41) is 6.33. The maximum absolute atomic E-state index is 12.3. The fourth-order valence-corrected chi connectivity index (χ4v) is 3.48. The number of amides is 3. The van der Waals surface area contributed by atoms with Gasteiger partial charge in [-0.25, -0.2) is 4.79 Å². The first-order valence-electron chi connectivity index (χ1n) is 10.4. The van der Waals surface area contributed by atoms with Crippen LogP contribution in [0.25, 0.3) is 0 Å². The van der Waals surface area contributed by atoms with E-state index in [0.717, 1.165) is 18.4 Å². The highest BCUT2D eigenvalue weighted by atomic mass is 35.5. The predicted octanol–water partition coefficient (Wildman–Crippen LogP) is 3.29. The molecule has 1 heterocycles. The summed E-state index contributed by atoms with van der Waals surface area (Å²) in [5.74, 6) is 0.0121. The average molecular weight is 438 g/mol. The summed E-state index contributed by atoms with van der Waals surface area (Å²) in [4.78, 5) is 37.9. The van der Waals surface area contributed by atoms with Gasteiger partial charge in [0.1, 0.15) is 5.60 Å². The van der Waals surface area contributed by atoms with E-state index in [0.29, 0.717) is 31.0 Å². The second kappa shape index (κ2) is 11.2. The lowest BCUT2D eigenvalue weighted by Crippen LogP contribution is -2.47. The zero-order chi connectivity index (χ0) is 22.1. The summed E-state index contributed by atoms with van der Waals surface area (Å²) in [5.41, 5.74) is 0.479. The van der Waals surface area contributed by atoms with Gasteiger partial charge in [-0.15, -0.1) is 0 Å². The molecule has 1 fully saturated rings. The molecule has 0 spiro atoms. The highest BCUT2D eigenvalue weighted by molar-refractivity contribution is 6.30. The zero-order valence-corrected chi connectivity index (χ0v) is 18.8. The minimum atomic E-state index is -0.561. The molecule has 0 saturated carbocycles. The minimum absolute atomic E-state index is 0.00297. The van der Waals surface area contributed by atoms with Crippen LogP contribution in [0.5, 0.6) is 0 Å². The van der Waals surface area contributed by atoms with Gasteiger partial charge in [0.05, 0.1) is 0 Å². The number of aryl methyl sites for hydroxylation is 1. The van der Waals surface area contributed by atoms with Crippen LogP contribution in [0.15, 0.2) is 24.3 Å². The van der Waals surface area contributed by atoms with E-state index < -0.39 is 11.7 Å². The van der Waals surface area contributed by atoms with Crippen LogP contribution in [0, 0.1) is 0 Å². The second-order valence-corrected chi connectivity index (χ2v) is 8.97. The van der Waals surface area contributed by atoms with E-state index in [4.69, 9.17) is 16.3 Å². The van der Waals surface area contributed by atoms with Crippen LogP contribution in [0.2, 0.25) is 5.02 Å². The van der Waals surface area contributed by atoms with Crippen molar-refractivity contribution in [3.8, 4) is 0 Å². The summed E-state index contributed by atoms with van der Waals surface area (Å²) in [6.07, 6.45) is 2.23. The molecule has 1 saturated heterocycles. The smallest absolute Gasteiger partial charge is 0.407 e. The normalized spacial score (nSPS) is 14.9. The lowest BCUT2D eigenvalue weighted by Gasteiger charge is -2.32. The number of likely N-dealkylation sites (tertiary alicyclic amines) is 1. The molecule has 2 rings (SSSR count). The van der Waals surface area contributed by atoms with E-state index in [1.807, 2.05) is 24.3 Å². The van der Waals surface area contributed by atoms with Crippen LogP contribution in [0.4, 0.5) is 4.79 Å². The number of piperidine rings is 1. The van der Waals surface area contributed by atoms with Crippen molar-refractivity contribution in [2.45, 2.75) is 64.5 Å². The number of ether oxygens (including phenoxy) is 1. The number of rotatable bonds is 7. The molecule has 7 nitrogen and oxygen atoms in total. The van der Waals surface area contributed by atoms with E-state index >= 15 is 0 Å². The fraction of sp³-hybridized carbons (Fsp3) is 0.591. The molecular formula is C22H32ClN3O4. The van der Waals surface area contributed by atoms with Gasteiger partial charge in [-0.3, -0.25) is 9.59 Å². The largest absolute Gasteiger partial charge is 0.444 e. The molecule has 0 atom stereocenters. The molecule has 1 aromatic rings. The Morgan fingerprint density at radius 2 is 1.87 bits per heavy atom. The first kappa shape index (κ1) is 24.0. The molecule has 0 unspecified atom stereocenters. The summed E-state index contributed by atoms with van der Waals surface area (Å²) >= 11 is 5.97. The zero-order valence-electron chi connectivity index (χ0n) is 18.0. The molecule has 1 aliphatic rings. The number of carbonyl (C=O) groups is 3. The van der Waals surface area contributed by atoms with Crippen LogP contribution in [-0.2, 0) is 20.7 Å². The van der Waals surface area contributed by atoms with Crippen LogP contribution in [0.3, 0.4) is 0 Å². The molecule has 166 valence electrons. The van der Waals surface area contributed by atoms with E-state index in [9.17, 15) is 14.4 Å². The third-order valence-electron chi connectivity index (χ3n) is 4.75. The van der Waals surface area contributed by atoms with Crippen molar-refractivity contribution in [3.05, 3.63) is 34.9 Å².